The van der Waals surface area contributed by atoms with E-state index in [2.05, 4.69) is 5.32 Å². The van der Waals surface area contributed by atoms with Crippen LogP contribution in [-0.4, -0.2) is 11.5 Å². The number of carbonyl (C=O) groups excluding carboxylic acids is 1. The number of amides is 1. The van der Waals surface area contributed by atoms with Crippen LogP contribution in [0.25, 0.3) is 0 Å². The summed E-state index contributed by atoms with van der Waals surface area (Å²) in [7, 11) is 0. The highest BCUT2D eigenvalue weighted by molar-refractivity contribution is 5.71. The summed E-state index contributed by atoms with van der Waals surface area (Å²) >= 11 is 0. The van der Waals surface area contributed by atoms with Crippen LogP contribution in [0.1, 0.15) is 0 Å². The van der Waals surface area contributed by atoms with Crippen LogP contribution in [0, 0.1) is 0 Å². The lowest BCUT2D eigenvalue weighted by Gasteiger charge is -1.95. The van der Waals surface area contributed by atoms with Crippen LogP contribution < -0.4 is 5.32 Å². The summed E-state index contributed by atoms with van der Waals surface area (Å²) in [5.74, 6) is 0.191. The minimum Gasteiger partial charge on any atom is -0.508 e. The highest BCUT2D eigenvalue weighted by Crippen LogP contribution is 2.12. The van der Waals surface area contributed by atoms with Gasteiger partial charge in [-0.3, -0.25) is 4.79 Å². The Bertz CT molecular complexity index is 218. The largest absolute Gasteiger partial charge is 0.508 e. The molecule has 0 aliphatic carbocycles. The van der Waals surface area contributed by atoms with E-state index in [1.54, 1.807) is 12.1 Å². The molecular weight excluding hydrogens is 130 g/mol. The highest BCUT2D eigenvalue weighted by Gasteiger charge is 1.87. The van der Waals surface area contributed by atoms with E-state index in [1.807, 2.05) is 0 Å². The van der Waals surface area contributed by atoms with E-state index in [-0.39, 0.29) is 5.75 Å². The van der Waals surface area contributed by atoms with E-state index in [1.165, 1.54) is 12.1 Å². The lowest BCUT2D eigenvalue weighted by molar-refractivity contribution is -0.105. The lowest BCUT2D eigenvalue weighted by Crippen LogP contribution is -1.91. The van der Waals surface area contributed by atoms with Crippen molar-refractivity contribution in [3.63, 3.8) is 0 Å². The Morgan fingerprint density at radius 2 is 1.90 bits per heavy atom. The van der Waals surface area contributed by atoms with Gasteiger partial charge in [-0.25, -0.2) is 0 Å². The third-order valence-electron chi connectivity index (χ3n) is 1.09. The molecule has 0 aromatic heterocycles. The quantitative estimate of drug-likeness (QED) is 0.471. The zero-order valence-corrected chi connectivity index (χ0v) is 5.24. The summed E-state index contributed by atoms with van der Waals surface area (Å²) < 4.78 is 0. The Morgan fingerprint density at radius 3 is 2.40 bits per heavy atom. The number of anilines is 1. The number of nitrogens with one attached hydrogen (secondary N) is 1. The minimum atomic E-state index is 0.191. The Balaban J connectivity index is 2.78. The topological polar surface area (TPSA) is 49.3 Å². The standard InChI is InChI=1S/C7H7NO2/c9-5-8-6-1-3-7(10)4-2-6/h1-5,10H,(H,8,9). The Hall–Kier alpha value is -1.51. The number of rotatable bonds is 2. The van der Waals surface area contributed by atoms with Crippen LogP contribution in [-0.2, 0) is 4.79 Å². The molecule has 0 aliphatic rings. The summed E-state index contributed by atoms with van der Waals surface area (Å²) in [5.41, 5.74) is 0.674. The van der Waals surface area contributed by atoms with Gasteiger partial charge in [0.2, 0.25) is 6.41 Å². The average Bonchev–Trinajstić information content (AvgIpc) is 1.95. The molecule has 0 radical (unpaired) electrons. The predicted molar refractivity (Wildman–Crippen MR) is 37.8 cm³/mol. The van der Waals surface area contributed by atoms with Gasteiger partial charge in [-0.1, -0.05) is 0 Å². The molecule has 0 spiro atoms. The summed E-state index contributed by atoms with van der Waals surface area (Å²) in [5, 5.41) is 11.3. The SMILES string of the molecule is O=CNc1ccc(O)cc1. The van der Waals surface area contributed by atoms with Crippen molar-refractivity contribution in [1.29, 1.82) is 0 Å². The van der Waals surface area contributed by atoms with Crippen molar-refractivity contribution in [2.75, 3.05) is 5.32 Å². The maximum Gasteiger partial charge on any atom is 0.211 e. The second-order valence-electron chi connectivity index (χ2n) is 1.81. The van der Waals surface area contributed by atoms with Gasteiger partial charge in [-0.2, -0.15) is 0 Å². The fourth-order valence-corrected chi connectivity index (χ4v) is 0.626. The van der Waals surface area contributed by atoms with Crippen LogP contribution >= 0.6 is 0 Å². The monoisotopic (exact) mass is 137 g/mol. The van der Waals surface area contributed by atoms with Crippen molar-refractivity contribution in [1.82, 2.24) is 0 Å². The van der Waals surface area contributed by atoms with E-state index in [0.717, 1.165) is 0 Å². The first kappa shape index (κ1) is 6.61. The molecule has 52 valence electrons. The first-order valence-corrected chi connectivity index (χ1v) is 2.82. The fraction of sp³-hybridized carbons (Fsp3) is 0. The number of phenols is 1. The fourth-order valence-electron chi connectivity index (χ4n) is 0.626. The van der Waals surface area contributed by atoms with E-state index < -0.39 is 0 Å². The Labute approximate surface area is 58.3 Å². The number of carbonyl (C=O) groups is 1. The normalized spacial score (nSPS) is 8.80. The van der Waals surface area contributed by atoms with Gasteiger partial charge in [0.1, 0.15) is 5.75 Å². The van der Waals surface area contributed by atoms with Gasteiger partial charge in [0.05, 0.1) is 0 Å². The molecule has 0 aliphatic heterocycles. The first-order chi connectivity index (χ1) is 4.83. The summed E-state index contributed by atoms with van der Waals surface area (Å²) in [4.78, 5) is 9.89. The number of benzene rings is 1. The molecule has 1 aromatic carbocycles. The van der Waals surface area contributed by atoms with E-state index in [4.69, 9.17) is 5.11 Å². The van der Waals surface area contributed by atoms with Crippen molar-refractivity contribution in [2.24, 2.45) is 0 Å². The third kappa shape index (κ3) is 1.48. The molecule has 0 saturated carbocycles. The van der Waals surface area contributed by atoms with Gasteiger partial charge >= 0.3 is 0 Å². The zero-order chi connectivity index (χ0) is 7.40. The maximum atomic E-state index is 9.89. The van der Waals surface area contributed by atoms with Crippen LogP contribution in [0.15, 0.2) is 24.3 Å². The van der Waals surface area contributed by atoms with Gasteiger partial charge in [0.25, 0.3) is 0 Å². The first-order valence-electron chi connectivity index (χ1n) is 2.82. The molecule has 1 amide bonds. The van der Waals surface area contributed by atoms with Gasteiger partial charge in [0.15, 0.2) is 0 Å². The molecule has 1 rings (SSSR count). The summed E-state index contributed by atoms with van der Waals surface area (Å²) in [6.45, 7) is 0. The van der Waals surface area contributed by atoms with E-state index in [0.29, 0.717) is 12.1 Å². The Morgan fingerprint density at radius 1 is 1.30 bits per heavy atom. The number of aromatic hydroxyl groups is 1. The molecule has 0 bridgehead atoms. The molecule has 0 atom stereocenters. The molecule has 2 N–H and O–H groups in total. The molecule has 0 heterocycles. The van der Waals surface area contributed by atoms with Crippen molar-refractivity contribution >= 4 is 12.1 Å². The Kier molecular flexibility index (Phi) is 1.89. The summed E-state index contributed by atoms with van der Waals surface area (Å²) in [6.07, 6.45) is 0.590. The highest BCUT2D eigenvalue weighted by atomic mass is 16.3. The average molecular weight is 137 g/mol. The zero-order valence-electron chi connectivity index (χ0n) is 5.24. The number of hydrogen-bond acceptors (Lipinski definition) is 2. The van der Waals surface area contributed by atoms with Crippen molar-refractivity contribution in [3.05, 3.63) is 24.3 Å². The maximum absolute atomic E-state index is 9.89. The van der Waals surface area contributed by atoms with Crippen LogP contribution in [0.2, 0.25) is 0 Å². The second kappa shape index (κ2) is 2.87. The van der Waals surface area contributed by atoms with Crippen LogP contribution in [0.4, 0.5) is 5.69 Å². The third-order valence-corrected chi connectivity index (χ3v) is 1.09. The molecule has 0 saturated heterocycles. The van der Waals surface area contributed by atoms with Crippen LogP contribution in [0.5, 0.6) is 5.75 Å². The molecule has 0 unspecified atom stereocenters. The van der Waals surface area contributed by atoms with Gasteiger partial charge in [0, 0.05) is 5.69 Å². The van der Waals surface area contributed by atoms with Gasteiger partial charge in [-0.15, -0.1) is 0 Å². The minimum absolute atomic E-state index is 0.191. The second-order valence-corrected chi connectivity index (χ2v) is 1.81. The van der Waals surface area contributed by atoms with Gasteiger partial charge in [-0.05, 0) is 24.3 Å². The number of hydrogen-bond donors (Lipinski definition) is 2. The molecular formula is C7H7NO2. The molecule has 3 nitrogen and oxygen atoms in total. The molecule has 1 aromatic rings. The smallest absolute Gasteiger partial charge is 0.211 e. The van der Waals surface area contributed by atoms with E-state index in [9.17, 15) is 4.79 Å². The number of phenolic OH excluding ortho intramolecular Hbond substituents is 1. The molecule has 0 fully saturated rings. The van der Waals surface area contributed by atoms with Crippen LogP contribution in [0.3, 0.4) is 0 Å². The lowest BCUT2D eigenvalue weighted by atomic mass is 10.3. The summed E-state index contributed by atoms with van der Waals surface area (Å²) in [6, 6.07) is 6.24. The van der Waals surface area contributed by atoms with Gasteiger partial charge < -0.3 is 10.4 Å². The molecule has 10 heavy (non-hydrogen) atoms. The van der Waals surface area contributed by atoms with E-state index >= 15 is 0 Å². The van der Waals surface area contributed by atoms with Crippen molar-refractivity contribution in [2.45, 2.75) is 0 Å². The van der Waals surface area contributed by atoms with Crippen molar-refractivity contribution in [3.8, 4) is 5.75 Å². The van der Waals surface area contributed by atoms with Crippen molar-refractivity contribution < 1.29 is 9.90 Å². The predicted octanol–water partition coefficient (Wildman–Crippen LogP) is 0.960. The molecule has 3 heteroatoms.